The Bertz CT molecular complexity index is 517. The molecule has 1 N–H and O–H groups in total. The molecule has 1 aliphatic heterocycles. The van der Waals surface area contributed by atoms with Gasteiger partial charge in [-0.05, 0) is 46.5 Å². The number of allylic oxidation sites excluding steroid dienone is 2. The van der Waals surface area contributed by atoms with E-state index in [9.17, 15) is 4.79 Å². The van der Waals surface area contributed by atoms with Gasteiger partial charge >= 0.3 is 0 Å². The van der Waals surface area contributed by atoms with Gasteiger partial charge in [0.05, 0.1) is 6.20 Å². The second kappa shape index (κ2) is 8.77. The Hall–Kier alpha value is -1.75. The number of hydrogen-bond acceptors (Lipinski definition) is 4. The molecule has 126 valence electrons. The maximum absolute atomic E-state index is 12.3. The quantitative estimate of drug-likeness (QED) is 0.820. The van der Waals surface area contributed by atoms with Crippen LogP contribution in [0.25, 0.3) is 0 Å². The van der Waals surface area contributed by atoms with Crippen LogP contribution in [0, 0.1) is 0 Å². The van der Waals surface area contributed by atoms with E-state index in [1.165, 1.54) is 11.8 Å². The van der Waals surface area contributed by atoms with Gasteiger partial charge in [-0.25, -0.2) is 4.98 Å². The summed E-state index contributed by atoms with van der Waals surface area (Å²) in [5.74, 6) is -0.00634. The Morgan fingerprint density at radius 2 is 2.13 bits per heavy atom. The van der Waals surface area contributed by atoms with E-state index >= 15 is 0 Å². The van der Waals surface area contributed by atoms with Crippen LogP contribution in [-0.2, 0) is 0 Å². The highest BCUT2D eigenvalue weighted by molar-refractivity contribution is 5.92. The van der Waals surface area contributed by atoms with Gasteiger partial charge in [-0.2, -0.15) is 0 Å². The Labute approximate surface area is 139 Å². The molecule has 0 radical (unpaired) electrons. The number of nitrogens with zero attached hydrogens (tertiary/aromatic N) is 3. The first-order valence-corrected chi connectivity index (χ1v) is 8.51. The van der Waals surface area contributed by atoms with Crippen LogP contribution >= 0.6 is 0 Å². The Morgan fingerprint density at radius 3 is 2.74 bits per heavy atom. The Morgan fingerprint density at radius 1 is 1.39 bits per heavy atom. The van der Waals surface area contributed by atoms with E-state index in [1.807, 2.05) is 4.90 Å². The molecule has 0 spiro atoms. The van der Waals surface area contributed by atoms with Gasteiger partial charge in [0.25, 0.3) is 5.91 Å². The predicted octanol–water partition coefficient (Wildman–Crippen LogP) is 2.81. The average Bonchev–Trinajstić information content (AvgIpc) is 2.55. The van der Waals surface area contributed by atoms with Crippen LogP contribution in [0.15, 0.2) is 30.2 Å². The molecule has 1 aromatic heterocycles. The lowest BCUT2D eigenvalue weighted by molar-refractivity contribution is 0.0695. The molecule has 1 atom stereocenters. The second-order valence-corrected chi connectivity index (χ2v) is 6.58. The molecule has 1 aromatic rings. The summed E-state index contributed by atoms with van der Waals surface area (Å²) in [7, 11) is 0. The van der Waals surface area contributed by atoms with Gasteiger partial charge in [-0.15, -0.1) is 0 Å². The molecule has 0 bridgehead atoms. The van der Waals surface area contributed by atoms with Crippen LogP contribution in [-0.4, -0.2) is 45.9 Å². The molecular weight excluding hydrogens is 288 g/mol. The largest absolute Gasteiger partial charge is 0.337 e. The summed E-state index contributed by atoms with van der Waals surface area (Å²) >= 11 is 0. The minimum absolute atomic E-state index is 0.00634. The standard InChI is InChI=1S/C18H28N4O/c1-14(2)5-4-6-15(3)21-16-7-11-22(12-8-16)18(23)17-13-19-9-10-20-17/h5,9-10,13,15-16,21H,4,6-8,11-12H2,1-3H3. The van der Waals surface area contributed by atoms with Gasteiger partial charge in [-0.1, -0.05) is 11.6 Å². The second-order valence-electron chi connectivity index (χ2n) is 6.58. The molecule has 0 aromatic carbocycles. The highest BCUT2D eigenvalue weighted by Crippen LogP contribution is 2.14. The van der Waals surface area contributed by atoms with E-state index < -0.39 is 0 Å². The molecule has 0 saturated carbocycles. The van der Waals surface area contributed by atoms with E-state index in [4.69, 9.17) is 0 Å². The third kappa shape index (κ3) is 5.75. The van der Waals surface area contributed by atoms with E-state index in [-0.39, 0.29) is 5.91 Å². The van der Waals surface area contributed by atoms with Crippen LogP contribution in [0.3, 0.4) is 0 Å². The van der Waals surface area contributed by atoms with Gasteiger partial charge in [0.15, 0.2) is 0 Å². The fraction of sp³-hybridized carbons (Fsp3) is 0.611. The third-order valence-corrected chi connectivity index (χ3v) is 4.24. The molecule has 23 heavy (non-hydrogen) atoms. The lowest BCUT2D eigenvalue weighted by Crippen LogP contribution is -2.47. The molecule has 1 amide bonds. The topological polar surface area (TPSA) is 58.1 Å². The molecule has 0 aliphatic carbocycles. The molecule has 2 rings (SSSR count). The minimum atomic E-state index is -0.00634. The zero-order valence-corrected chi connectivity index (χ0v) is 14.5. The number of nitrogens with one attached hydrogen (secondary N) is 1. The van der Waals surface area contributed by atoms with Crippen LogP contribution in [0.1, 0.15) is 56.9 Å². The smallest absolute Gasteiger partial charge is 0.274 e. The van der Waals surface area contributed by atoms with Crippen LogP contribution in [0.5, 0.6) is 0 Å². The first-order chi connectivity index (χ1) is 11.1. The zero-order chi connectivity index (χ0) is 16.7. The molecule has 1 unspecified atom stereocenters. The highest BCUT2D eigenvalue weighted by Gasteiger charge is 2.24. The van der Waals surface area contributed by atoms with Gasteiger partial charge in [0.1, 0.15) is 5.69 Å². The third-order valence-electron chi connectivity index (χ3n) is 4.24. The van der Waals surface area contributed by atoms with Gasteiger partial charge in [0.2, 0.25) is 0 Å². The zero-order valence-electron chi connectivity index (χ0n) is 14.5. The summed E-state index contributed by atoms with van der Waals surface area (Å²) in [4.78, 5) is 22.3. The van der Waals surface area contributed by atoms with Crippen molar-refractivity contribution in [2.24, 2.45) is 0 Å². The van der Waals surface area contributed by atoms with Crippen molar-refractivity contribution in [1.29, 1.82) is 0 Å². The summed E-state index contributed by atoms with van der Waals surface area (Å²) in [6, 6.07) is 1.01. The monoisotopic (exact) mass is 316 g/mol. The molecule has 5 heteroatoms. The first kappa shape index (κ1) is 17.6. The van der Waals surface area contributed by atoms with Crippen molar-refractivity contribution < 1.29 is 4.79 Å². The van der Waals surface area contributed by atoms with E-state index in [0.717, 1.165) is 38.8 Å². The van der Waals surface area contributed by atoms with E-state index in [0.29, 0.717) is 17.8 Å². The first-order valence-electron chi connectivity index (χ1n) is 8.51. The number of aromatic nitrogens is 2. The van der Waals surface area contributed by atoms with Crippen molar-refractivity contribution in [3.8, 4) is 0 Å². The maximum atomic E-state index is 12.3. The Kier molecular flexibility index (Phi) is 6.71. The number of amides is 1. The number of hydrogen-bond donors (Lipinski definition) is 1. The molecule has 5 nitrogen and oxygen atoms in total. The Balaban J connectivity index is 1.73. The van der Waals surface area contributed by atoms with Crippen molar-refractivity contribution >= 4 is 5.91 Å². The van der Waals surface area contributed by atoms with E-state index in [2.05, 4.69) is 42.1 Å². The SMILES string of the molecule is CC(C)=CCCC(C)NC1CCN(C(=O)c2cnccn2)CC1. The van der Waals surface area contributed by atoms with Crippen molar-refractivity contribution in [2.45, 2.75) is 58.5 Å². The molecule has 1 saturated heterocycles. The van der Waals surface area contributed by atoms with Gasteiger partial charge in [0, 0.05) is 37.6 Å². The fourth-order valence-corrected chi connectivity index (χ4v) is 2.93. The molecule has 1 aliphatic rings. The molecular formula is C18H28N4O. The fourth-order valence-electron chi connectivity index (χ4n) is 2.93. The molecule has 1 fully saturated rings. The summed E-state index contributed by atoms with van der Waals surface area (Å²) in [6.07, 6.45) is 11.3. The lowest BCUT2D eigenvalue weighted by atomic mass is 10.0. The average molecular weight is 316 g/mol. The predicted molar refractivity (Wildman–Crippen MR) is 92.2 cm³/mol. The maximum Gasteiger partial charge on any atom is 0.274 e. The summed E-state index contributed by atoms with van der Waals surface area (Å²) in [6.45, 7) is 8.10. The number of piperidine rings is 1. The van der Waals surface area contributed by atoms with Crippen LogP contribution < -0.4 is 5.32 Å². The normalized spacial score (nSPS) is 16.9. The van der Waals surface area contributed by atoms with Crippen molar-refractivity contribution in [3.05, 3.63) is 35.9 Å². The minimum Gasteiger partial charge on any atom is -0.337 e. The van der Waals surface area contributed by atoms with Crippen LogP contribution in [0.2, 0.25) is 0 Å². The summed E-state index contributed by atoms with van der Waals surface area (Å²) in [5.41, 5.74) is 1.82. The summed E-state index contributed by atoms with van der Waals surface area (Å²) < 4.78 is 0. The van der Waals surface area contributed by atoms with Crippen LogP contribution in [0.4, 0.5) is 0 Å². The summed E-state index contributed by atoms with van der Waals surface area (Å²) in [5, 5.41) is 3.70. The number of carbonyl (C=O) groups is 1. The number of rotatable bonds is 6. The van der Waals surface area contributed by atoms with Crippen molar-refractivity contribution in [2.75, 3.05) is 13.1 Å². The molecule has 2 heterocycles. The van der Waals surface area contributed by atoms with E-state index in [1.54, 1.807) is 12.4 Å². The lowest BCUT2D eigenvalue weighted by Gasteiger charge is -2.33. The highest BCUT2D eigenvalue weighted by atomic mass is 16.2. The van der Waals surface area contributed by atoms with Crippen molar-refractivity contribution in [1.82, 2.24) is 20.2 Å². The van der Waals surface area contributed by atoms with Gasteiger partial charge in [-0.3, -0.25) is 9.78 Å². The van der Waals surface area contributed by atoms with Crippen molar-refractivity contribution in [3.63, 3.8) is 0 Å². The number of carbonyl (C=O) groups excluding carboxylic acids is 1. The van der Waals surface area contributed by atoms with Gasteiger partial charge < -0.3 is 10.2 Å². The number of likely N-dealkylation sites (tertiary alicyclic amines) is 1.